The SMILES string of the molecule is COc1ccc(CSc2n[nH]c(-c3ccccc3F)n2)cc1F. The summed E-state index contributed by atoms with van der Waals surface area (Å²) in [5.74, 6) is 0.296. The molecule has 1 aromatic heterocycles. The molecule has 0 saturated heterocycles. The van der Waals surface area contributed by atoms with Crippen LogP contribution >= 0.6 is 11.8 Å². The molecule has 0 unspecified atom stereocenters. The van der Waals surface area contributed by atoms with Gasteiger partial charge in [-0.3, -0.25) is 5.10 Å². The van der Waals surface area contributed by atoms with Crippen molar-refractivity contribution in [3.8, 4) is 17.1 Å². The molecule has 7 heteroatoms. The highest BCUT2D eigenvalue weighted by Crippen LogP contribution is 2.25. The lowest BCUT2D eigenvalue weighted by Crippen LogP contribution is -1.90. The van der Waals surface area contributed by atoms with E-state index in [1.54, 1.807) is 30.3 Å². The molecule has 1 heterocycles. The Bertz CT molecular complexity index is 823. The summed E-state index contributed by atoms with van der Waals surface area (Å²) in [6, 6.07) is 11.1. The summed E-state index contributed by atoms with van der Waals surface area (Å²) < 4.78 is 32.2. The van der Waals surface area contributed by atoms with Crippen molar-refractivity contribution < 1.29 is 13.5 Å². The van der Waals surface area contributed by atoms with E-state index < -0.39 is 5.82 Å². The maximum atomic E-state index is 13.7. The van der Waals surface area contributed by atoms with E-state index in [1.807, 2.05) is 0 Å². The standard InChI is InChI=1S/C16H13F2N3OS/c1-22-14-7-6-10(8-13(14)18)9-23-16-19-15(20-21-16)11-4-2-3-5-12(11)17/h2-8H,9H2,1H3,(H,19,20,21). The van der Waals surface area contributed by atoms with E-state index >= 15 is 0 Å². The van der Waals surface area contributed by atoms with Crippen molar-refractivity contribution in [2.24, 2.45) is 0 Å². The van der Waals surface area contributed by atoms with Gasteiger partial charge in [0.15, 0.2) is 17.4 Å². The Labute approximate surface area is 135 Å². The number of hydrogen-bond donors (Lipinski definition) is 1. The van der Waals surface area contributed by atoms with Crippen molar-refractivity contribution in [1.82, 2.24) is 15.2 Å². The van der Waals surface area contributed by atoms with Gasteiger partial charge < -0.3 is 4.74 Å². The van der Waals surface area contributed by atoms with Gasteiger partial charge in [-0.1, -0.05) is 30.0 Å². The van der Waals surface area contributed by atoms with Gasteiger partial charge in [-0.25, -0.2) is 13.8 Å². The first-order chi connectivity index (χ1) is 11.2. The fraction of sp³-hybridized carbons (Fsp3) is 0.125. The van der Waals surface area contributed by atoms with E-state index in [9.17, 15) is 8.78 Å². The molecule has 23 heavy (non-hydrogen) atoms. The van der Waals surface area contributed by atoms with Gasteiger partial charge in [-0.05, 0) is 29.8 Å². The lowest BCUT2D eigenvalue weighted by Gasteiger charge is -2.03. The lowest BCUT2D eigenvalue weighted by molar-refractivity contribution is 0.386. The van der Waals surface area contributed by atoms with Crippen LogP contribution in [0.25, 0.3) is 11.4 Å². The van der Waals surface area contributed by atoms with Crippen LogP contribution in [0.5, 0.6) is 5.75 Å². The van der Waals surface area contributed by atoms with Crippen molar-refractivity contribution in [3.05, 3.63) is 59.7 Å². The fourth-order valence-corrected chi connectivity index (χ4v) is 2.77. The van der Waals surface area contributed by atoms with Crippen LogP contribution in [0.1, 0.15) is 5.56 Å². The van der Waals surface area contributed by atoms with Gasteiger partial charge in [0.2, 0.25) is 5.16 Å². The number of methoxy groups -OCH3 is 1. The Hall–Kier alpha value is -2.41. The number of aromatic nitrogens is 3. The molecule has 0 atom stereocenters. The van der Waals surface area contributed by atoms with Gasteiger partial charge in [0.05, 0.1) is 12.7 Å². The van der Waals surface area contributed by atoms with Crippen molar-refractivity contribution >= 4 is 11.8 Å². The highest BCUT2D eigenvalue weighted by Gasteiger charge is 2.11. The molecule has 0 fully saturated rings. The predicted molar refractivity (Wildman–Crippen MR) is 84.3 cm³/mol. The average Bonchev–Trinajstić information content (AvgIpc) is 3.02. The molecule has 0 spiro atoms. The number of benzene rings is 2. The van der Waals surface area contributed by atoms with Crippen LogP contribution in [0.15, 0.2) is 47.6 Å². The van der Waals surface area contributed by atoms with Gasteiger partial charge in [0.1, 0.15) is 5.82 Å². The van der Waals surface area contributed by atoms with E-state index in [0.29, 0.717) is 22.3 Å². The highest BCUT2D eigenvalue weighted by atomic mass is 32.2. The van der Waals surface area contributed by atoms with Gasteiger partial charge >= 0.3 is 0 Å². The molecule has 0 radical (unpaired) electrons. The third-order valence-corrected chi connectivity index (χ3v) is 4.10. The number of aromatic amines is 1. The largest absolute Gasteiger partial charge is 0.494 e. The molecular formula is C16H13F2N3OS. The predicted octanol–water partition coefficient (Wildman–Crippen LogP) is 4.05. The second-order valence-corrected chi connectivity index (χ2v) is 5.65. The topological polar surface area (TPSA) is 50.8 Å². The molecule has 1 N–H and O–H groups in total. The Morgan fingerprint density at radius 2 is 1.96 bits per heavy atom. The monoisotopic (exact) mass is 333 g/mol. The minimum absolute atomic E-state index is 0.207. The molecular weight excluding hydrogens is 320 g/mol. The molecule has 0 saturated carbocycles. The summed E-state index contributed by atoms with van der Waals surface area (Å²) in [5.41, 5.74) is 1.15. The van der Waals surface area contributed by atoms with Crippen LogP contribution < -0.4 is 4.74 Å². The van der Waals surface area contributed by atoms with E-state index in [-0.39, 0.29) is 11.6 Å². The number of nitrogens with one attached hydrogen (secondary N) is 1. The minimum atomic E-state index is -0.410. The average molecular weight is 333 g/mol. The van der Waals surface area contributed by atoms with E-state index in [4.69, 9.17) is 4.74 Å². The van der Waals surface area contributed by atoms with Crippen LogP contribution in [-0.4, -0.2) is 22.3 Å². The zero-order valence-electron chi connectivity index (χ0n) is 12.2. The van der Waals surface area contributed by atoms with Crippen LogP contribution in [-0.2, 0) is 5.75 Å². The third-order valence-electron chi connectivity index (χ3n) is 3.18. The van der Waals surface area contributed by atoms with E-state index in [2.05, 4.69) is 15.2 Å². The van der Waals surface area contributed by atoms with Crippen molar-refractivity contribution in [2.45, 2.75) is 10.9 Å². The normalized spacial score (nSPS) is 10.7. The second-order valence-electron chi connectivity index (χ2n) is 4.70. The zero-order valence-corrected chi connectivity index (χ0v) is 13.0. The first kappa shape index (κ1) is 15.5. The van der Waals surface area contributed by atoms with Gasteiger partial charge in [-0.2, -0.15) is 0 Å². The number of hydrogen-bond acceptors (Lipinski definition) is 4. The fourth-order valence-electron chi connectivity index (χ4n) is 2.03. The minimum Gasteiger partial charge on any atom is -0.494 e. The van der Waals surface area contributed by atoms with Crippen LogP contribution in [0.2, 0.25) is 0 Å². The quantitative estimate of drug-likeness (QED) is 0.716. The summed E-state index contributed by atoms with van der Waals surface area (Å²) in [5, 5.41) is 7.23. The van der Waals surface area contributed by atoms with E-state index in [0.717, 1.165) is 5.56 Å². The Morgan fingerprint density at radius 1 is 1.13 bits per heavy atom. The lowest BCUT2D eigenvalue weighted by atomic mass is 10.2. The Kier molecular flexibility index (Phi) is 4.57. The maximum Gasteiger partial charge on any atom is 0.209 e. The van der Waals surface area contributed by atoms with E-state index in [1.165, 1.54) is 31.0 Å². The third kappa shape index (κ3) is 3.50. The number of halogens is 2. The first-order valence-corrected chi connectivity index (χ1v) is 7.78. The molecule has 0 aliphatic rings. The summed E-state index contributed by atoms with van der Waals surface area (Å²) in [6.07, 6.45) is 0. The van der Waals surface area contributed by atoms with Crippen LogP contribution in [0.3, 0.4) is 0 Å². The van der Waals surface area contributed by atoms with Crippen molar-refractivity contribution in [1.29, 1.82) is 0 Å². The molecule has 0 bridgehead atoms. The Balaban J connectivity index is 1.70. The molecule has 3 aromatic rings. The first-order valence-electron chi connectivity index (χ1n) is 6.80. The summed E-state index contributed by atoms with van der Waals surface area (Å²) in [4.78, 5) is 4.25. The number of thioether (sulfide) groups is 1. The van der Waals surface area contributed by atoms with Gasteiger partial charge in [-0.15, -0.1) is 5.10 Å². The van der Waals surface area contributed by atoms with Gasteiger partial charge in [0, 0.05) is 5.75 Å². The molecule has 2 aromatic carbocycles. The zero-order chi connectivity index (χ0) is 16.2. The van der Waals surface area contributed by atoms with Crippen LogP contribution in [0, 0.1) is 11.6 Å². The maximum absolute atomic E-state index is 13.7. The number of nitrogens with zero attached hydrogens (tertiary/aromatic N) is 2. The molecule has 118 valence electrons. The molecule has 0 aliphatic carbocycles. The van der Waals surface area contributed by atoms with Crippen molar-refractivity contribution in [3.63, 3.8) is 0 Å². The number of ether oxygens (including phenoxy) is 1. The molecule has 4 nitrogen and oxygen atoms in total. The summed E-state index contributed by atoms with van der Waals surface area (Å²) in [7, 11) is 1.42. The second kappa shape index (κ2) is 6.78. The highest BCUT2D eigenvalue weighted by molar-refractivity contribution is 7.98. The van der Waals surface area contributed by atoms with Crippen molar-refractivity contribution in [2.75, 3.05) is 7.11 Å². The molecule has 0 aliphatic heterocycles. The smallest absolute Gasteiger partial charge is 0.209 e. The Morgan fingerprint density at radius 3 is 2.70 bits per heavy atom. The summed E-state index contributed by atoms with van der Waals surface area (Å²) in [6.45, 7) is 0. The number of rotatable bonds is 5. The molecule has 0 amide bonds. The molecule has 3 rings (SSSR count). The van der Waals surface area contributed by atoms with Crippen LogP contribution in [0.4, 0.5) is 8.78 Å². The van der Waals surface area contributed by atoms with Gasteiger partial charge in [0.25, 0.3) is 0 Å². The summed E-state index contributed by atoms with van der Waals surface area (Å²) >= 11 is 1.33. The number of H-pyrrole nitrogens is 1.